The van der Waals surface area contributed by atoms with Crippen LogP contribution in [0.4, 0.5) is 5.95 Å². The number of rotatable bonds is 2. The minimum Gasteiger partial charge on any atom is -0.335 e. The standard InChI is InChI=1S/C11H14N4/c1-2-8-4-13-11(14-5-8)15-7-9-3-10(15)6-12-9/h2,4-5,9-10,12H,1,3,6-7H2/t9-,10-/m0/s1. The second-order valence-corrected chi connectivity index (χ2v) is 4.17. The summed E-state index contributed by atoms with van der Waals surface area (Å²) < 4.78 is 0. The fraction of sp³-hybridized carbons (Fsp3) is 0.455. The lowest BCUT2D eigenvalue weighted by Crippen LogP contribution is -2.44. The highest BCUT2D eigenvalue weighted by molar-refractivity contribution is 5.46. The maximum atomic E-state index is 4.37. The van der Waals surface area contributed by atoms with Crippen molar-refractivity contribution in [2.24, 2.45) is 0 Å². The van der Waals surface area contributed by atoms with E-state index >= 15 is 0 Å². The zero-order valence-corrected chi connectivity index (χ0v) is 8.56. The number of hydrogen-bond acceptors (Lipinski definition) is 4. The van der Waals surface area contributed by atoms with Gasteiger partial charge in [0.1, 0.15) is 0 Å². The van der Waals surface area contributed by atoms with Gasteiger partial charge in [-0.2, -0.15) is 0 Å². The Morgan fingerprint density at radius 2 is 2.27 bits per heavy atom. The van der Waals surface area contributed by atoms with E-state index in [-0.39, 0.29) is 0 Å². The molecule has 2 fully saturated rings. The van der Waals surface area contributed by atoms with Crippen molar-refractivity contribution in [1.82, 2.24) is 15.3 Å². The maximum Gasteiger partial charge on any atom is 0.225 e. The van der Waals surface area contributed by atoms with E-state index in [4.69, 9.17) is 0 Å². The van der Waals surface area contributed by atoms with E-state index in [1.807, 2.05) is 12.4 Å². The number of fused-ring (bicyclic) bond motifs is 2. The molecule has 2 aliphatic heterocycles. The van der Waals surface area contributed by atoms with Gasteiger partial charge in [0.05, 0.1) is 0 Å². The first-order valence-corrected chi connectivity index (χ1v) is 5.31. The van der Waals surface area contributed by atoms with Crippen LogP contribution in [0.2, 0.25) is 0 Å². The molecule has 4 heteroatoms. The molecule has 0 unspecified atom stereocenters. The van der Waals surface area contributed by atoms with Gasteiger partial charge in [0.25, 0.3) is 0 Å². The zero-order chi connectivity index (χ0) is 10.3. The summed E-state index contributed by atoms with van der Waals surface area (Å²) in [5.41, 5.74) is 0.973. The third-order valence-electron chi connectivity index (χ3n) is 3.21. The summed E-state index contributed by atoms with van der Waals surface area (Å²) >= 11 is 0. The van der Waals surface area contributed by atoms with Crippen LogP contribution in [0.5, 0.6) is 0 Å². The molecule has 1 N–H and O–H groups in total. The van der Waals surface area contributed by atoms with Gasteiger partial charge in [-0.3, -0.25) is 0 Å². The van der Waals surface area contributed by atoms with Gasteiger partial charge in [-0.15, -0.1) is 0 Å². The van der Waals surface area contributed by atoms with Crippen molar-refractivity contribution in [2.45, 2.75) is 18.5 Å². The van der Waals surface area contributed by atoms with Crippen molar-refractivity contribution in [3.05, 3.63) is 24.5 Å². The summed E-state index contributed by atoms with van der Waals surface area (Å²) in [6.07, 6.45) is 6.65. The van der Waals surface area contributed by atoms with Crippen LogP contribution in [0.1, 0.15) is 12.0 Å². The highest BCUT2D eigenvalue weighted by atomic mass is 15.3. The Hall–Kier alpha value is -1.42. The molecule has 1 aromatic rings. The molecule has 4 nitrogen and oxygen atoms in total. The van der Waals surface area contributed by atoms with Crippen molar-refractivity contribution >= 4 is 12.0 Å². The molecule has 0 aromatic carbocycles. The van der Waals surface area contributed by atoms with Crippen LogP contribution in [0, 0.1) is 0 Å². The SMILES string of the molecule is C=Cc1cnc(N2C[C@@H]3C[C@H]2CN3)nc1. The average molecular weight is 202 g/mol. The van der Waals surface area contributed by atoms with Gasteiger partial charge in [0, 0.05) is 43.1 Å². The summed E-state index contributed by atoms with van der Waals surface area (Å²) in [4.78, 5) is 11.0. The van der Waals surface area contributed by atoms with Crippen LogP contribution >= 0.6 is 0 Å². The van der Waals surface area contributed by atoms with Gasteiger partial charge >= 0.3 is 0 Å². The van der Waals surface area contributed by atoms with Crippen molar-refractivity contribution in [1.29, 1.82) is 0 Å². The minimum absolute atomic E-state index is 0.588. The molecule has 0 aliphatic carbocycles. The summed E-state index contributed by atoms with van der Waals surface area (Å²) in [5, 5.41) is 3.46. The first-order chi connectivity index (χ1) is 7.36. The van der Waals surface area contributed by atoms with Crippen LogP contribution < -0.4 is 10.2 Å². The second-order valence-electron chi connectivity index (χ2n) is 4.17. The third kappa shape index (κ3) is 1.41. The van der Waals surface area contributed by atoms with Crippen molar-refractivity contribution in [3.63, 3.8) is 0 Å². The molecule has 15 heavy (non-hydrogen) atoms. The monoisotopic (exact) mass is 202 g/mol. The molecule has 0 saturated carbocycles. The van der Waals surface area contributed by atoms with E-state index in [9.17, 15) is 0 Å². The molecule has 1 aromatic heterocycles. The molecular formula is C11H14N4. The molecule has 0 radical (unpaired) electrons. The topological polar surface area (TPSA) is 41.1 Å². The highest BCUT2D eigenvalue weighted by Crippen LogP contribution is 2.26. The quantitative estimate of drug-likeness (QED) is 0.765. The van der Waals surface area contributed by atoms with E-state index in [1.54, 1.807) is 6.08 Å². The molecule has 2 aliphatic rings. The Morgan fingerprint density at radius 1 is 1.47 bits per heavy atom. The molecule has 3 heterocycles. The van der Waals surface area contributed by atoms with E-state index in [2.05, 4.69) is 26.8 Å². The lowest BCUT2D eigenvalue weighted by Gasteiger charge is -2.27. The van der Waals surface area contributed by atoms with E-state index in [1.165, 1.54) is 6.42 Å². The summed E-state index contributed by atoms with van der Waals surface area (Å²) in [6.45, 7) is 5.80. The molecule has 0 amide bonds. The molecule has 2 saturated heterocycles. The van der Waals surface area contributed by atoms with Gasteiger partial charge in [-0.25, -0.2) is 9.97 Å². The van der Waals surface area contributed by atoms with Crippen LogP contribution in [0.15, 0.2) is 19.0 Å². The lowest BCUT2D eigenvalue weighted by molar-refractivity contribution is 0.572. The van der Waals surface area contributed by atoms with Gasteiger partial charge < -0.3 is 10.2 Å². The number of aromatic nitrogens is 2. The Morgan fingerprint density at radius 3 is 2.80 bits per heavy atom. The van der Waals surface area contributed by atoms with Crippen LogP contribution in [-0.2, 0) is 0 Å². The Bertz CT molecular complexity index is 373. The van der Waals surface area contributed by atoms with Crippen molar-refractivity contribution in [2.75, 3.05) is 18.0 Å². The lowest BCUT2D eigenvalue weighted by atomic mass is 10.2. The van der Waals surface area contributed by atoms with Crippen molar-refractivity contribution < 1.29 is 0 Å². The number of nitrogens with one attached hydrogen (secondary N) is 1. The summed E-state index contributed by atoms with van der Waals surface area (Å²) in [7, 11) is 0. The molecule has 2 bridgehead atoms. The highest BCUT2D eigenvalue weighted by Gasteiger charge is 2.38. The number of hydrogen-bond donors (Lipinski definition) is 1. The number of piperazine rings is 1. The Labute approximate surface area is 89.0 Å². The van der Waals surface area contributed by atoms with Gasteiger partial charge in [-0.05, 0) is 6.42 Å². The largest absolute Gasteiger partial charge is 0.335 e. The van der Waals surface area contributed by atoms with E-state index in [0.717, 1.165) is 24.6 Å². The Balaban J connectivity index is 1.84. The smallest absolute Gasteiger partial charge is 0.225 e. The van der Waals surface area contributed by atoms with Crippen molar-refractivity contribution in [3.8, 4) is 0 Å². The fourth-order valence-electron chi connectivity index (χ4n) is 2.39. The van der Waals surface area contributed by atoms with E-state index < -0.39 is 0 Å². The predicted octanol–water partition coefficient (Wildman–Crippen LogP) is 0.670. The normalized spacial score (nSPS) is 28.4. The van der Waals surface area contributed by atoms with Crippen LogP contribution in [-0.4, -0.2) is 35.1 Å². The molecular weight excluding hydrogens is 188 g/mol. The number of anilines is 1. The van der Waals surface area contributed by atoms with Crippen LogP contribution in [0.3, 0.4) is 0 Å². The van der Waals surface area contributed by atoms with Gasteiger partial charge in [0.2, 0.25) is 5.95 Å². The first-order valence-electron chi connectivity index (χ1n) is 5.31. The van der Waals surface area contributed by atoms with Crippen LogP contribution in [0.25, 0.3) is 6.08 Å². The molecule has 78 valence electrons. The third-order valence-corrected chi connectivity index (χ3v) is 3.21. The zero-order valence-electron chi connectivity index (χ0n) is 8.56. The summed E-state index contributed by atoms with van der Waals surface area (Å²) in [5.74, 6) is 0.856. The Kier molecular flexibility index (Phi) is 1.95. The average Bonchev–Trinajstić information content (AvgIpc) is 2.91. The second kappa shape index (κ2) is 3.31. The maximum absolute atomic E-state index is 4.37. The first kappa shape index (κ1) is 8.85. The van der Waals surface area contributed by atoms with Gasteiger partial charge in [0.15, 0.2) is 0 Å². The van der Waals surface area contributed by atoms with E-state index in [0.29, 0.717) is 12.1 Å². The number of nitrogens with zero attached hydrogens (tertiary/aromatic N) is 3. The minimum atomic E-state index is 0.588. The summed E-state index contributed by atoms with van der Waals surface area (Å²) in [6, 6.07) is 1.22. The molecule has 0 spiro atoms. The molecule has 3 rings (SSSR count). The van der Waals surface area contributed by atoms with Gasteiger partial charge in [-0.1, -0.05) is 12.7 Å². The molecule has 2 atom stereocenters. The fourth-order valence-corrected chi connectivity index (χ4v) is 2.39. The predicted molar refractivity (Wildman–Crippen MR) is 59.7 cm³/mol.